The van der Waals surface area contributed by atoms with E-state index in [9.17, 15) is 13.2 Å². The van der Waals surface area contributed by atoms with Gasteiger partial charge in [-0.3, -0.25) is 0 Å². The summed E-state index contributed by atoms with van der Waals surface area (Å²) in [5, 5.41) is 2.47. The van der Waals surface area contributed by atoms with E-state index < -0.39 is 11.7 Å². The Labute approximate surface area is 90.1 Å². The van der Waals surface area contributed by atoms with Crippen LogP contribution in [0, 0.1) is 6.92 Å². The van der Waals surface area contributed by atoms with Gasteiger partial charge in [0.05, 0.1) is 5.57 Å². The highest BCUT2D eigenvalue weighted by atomic mass is 32.1. The quantitative estimate of drug-likeness (QED) is 0.698. The van der Waals surface area contributed by atoms with E-state index in [0.29, 0.717) is 9.75 Å². The lowest BCUT2D eigenvalue weighted by molar-refractivity contribution is -0.0866. The molecule has 1 aromatic heterocycles. The predicted octanol–water partition coefficient (Wildman–Crippen LogP) is 2.76. The molecule has 0 atom stereocenters. The summed E-state index contributed by atoms with van der Waals surface area (Å²) < 4.78 is 37.9. The van der Waals surface area contributed by atoms with Crippen LogP contribution in [0.1, 0.15) is 12.5 Å². The van der Waals surface area contributed by atoms with Gasteiger partial charge in [0.25, 0.3) is 0 Å². The first-order valence-corrected chi connectivity index (χ1v) is 5.22. The van der Waals surface area contributed by atoms with E-state index in [1.807, 2.05) is 6.92 Å². The molecule has 0 bridgehead atoms. The summed E-state index contributed by atoms with van der Waals surface area (Å²) in [6.07, 6.45) is -2.09. The topological polar surface area (TPSA) is 0 Å². The molecule has 0 fully saturated rings. The second kappa shape index (κ2) is 4.23. The van der Waals surface area contributed by atoms with Crippen molar-refractivity contribution in [3.63, 3.8) is 0 Å². The molecule has 0 radical (unpaired) electrons. The standard InChI is InChI=1S/C11H11F3S/c1-4-9(11(12,13)14)5-10-8(3)7(2)6-15-10/h4-6H,3H2,1-2H3/b9-4+,10-5+. The molecule has 0 saturated heterocycles. The van der Waals surface area contributed by atoms with Gasteiger partial charge < -0.3 is 0 Å². The largest absolute Gasteiger partial charge is 0.416 e. The average molecular weight is 232 g/mol. The van der Waals surface area contributed by atoms with Crippen LogP contribution in [0.2, 0.25) is 0 Å². The minimum Gasteiger partial charge on any atom is -0.166 e. The van der Waals surface area contributed by atoms with Crippen molar-refractivity contribution < 1.29 is 13.2 Å². The number of hydrogen-bond donors (Lipinski definition) is 0. The third-order valence-electron chi connectivity index (χ3n) is 2.06. The summed E-state index contributed by atoms with van der Waals surface area (Å²) >= 11 is 1.28. The Hall–Kier alpha value is -1.03. The fourth-order valence-corrected chi connectivity index (χ4v) is 2.02. The Morgan fingerprint density at radius 3 is 2.40 bits per heavy atom. The number of hydrogen-bond acceptors (Lipinski definition) is 1. The molecule has 0 aliphatic carbocycles. The van der Waals surface area contributed by atoms with Gasteiger partial charge in [-0.05, 0) is 36.1 Å². The lowest BCUT2D eigenvalue weighted by Gasteiger charge is -2.05. The summed E-state index contributed by atoms with van der Waals surface area (Å²) in [6.45, 7) is 6.94. The molecular formula is C11H11F3S. The van der Waals surface area contributed by atoms with Crippen LogP contribution in [0.5, 0.6) is 0 Å². The van der Waals surface area contributed by atoms with Gasteiger partial charge >= 0.3 is 6.18 Å². The van der Waals surface area contributed by atoms with Crippen molar-refractivity contribution in [2.75, 3.05) is 0 Å². The van der Waals surface area contributed by atoms with Gasteiger partial charge in [0.2, 0.25) is 0 Å². The number of aryl methyl sites for hydroxylation is 1. The van der Waals surface area contributed by atoms with E-state index in [-0.39, 0.29) is 0 Å². The van der Waals surface area contributed by atoms with E-state index in [0.717, 1.165) is 17.7 Å². The van der Waals surface area contributed by atoms with Crippen molar-refractivity contribution in [3.05, 3.63) is 32.3 Å². The second-order valence-electron chi connectivity index (χ2n) is 3.15. The molecule has 15 heavy (non-hydrogen) atoms. The van der Waals surface area contributed by atoms with Crippen LogP contribution < -0.4 is 9.75 Å². The van der Waals surface area contributed by atoms with Crippen LogP contribution in [0.25, 0.3) is 12.7 Å². The van der Waals surface area contributed by atoms with Crippen molar-refractivity contribution >= 4 is 24.0 Å². The van der Waals surface area contributed by atoms with Crippen LogP contribution in [0.4, 0.5) is 13.2 Å². The molecule has 0 aliphatic rings. The van der Waals surface area contributed by atoms with Gasteiger partial charge in [0.15, 0.2) is 0 Å². The lowest BCUT2D eigenvalue weighted by Crippen LogP contribution is -2.21. The average Bonchev–Trinajstić information content (AvgIpc) is 2.43. The van der Waals surface area contributed by atoms with E-state index in [4.69, 9.17) is 0 Å². The Morgan fingerprint density at radius 2 is 2.07 bits per heavy atom. The molecule has 1 rings (SSSR count). The van der Waals surface area contributed by atoms with Gasteiger partial charge in [0.1, 0.15) is 0 Å². The van der Waals surface area contributed by atoms with Crippen molar-refractivity contribution in [1.82, 2.24) is 0 Å². The summed E-state index contributed by atoms with van der Waals surface area (Å²) in [4.78, 5) is 0. The summed E-state index contributed by atoms with van der Waals surface area (Å²) in [6, 6.07) is 0. The van der Waals surface area contributed by atoms with Crippen LogP contribution in [-0.2, 0) is 0 Å². The first kappa shape index (κ1) is 12.0. The van der Waals surface area contributed by atoms with Gasteiger partial charge in [-0.25, -0.2) is 0 Å². The zero-order chi connectivity index (χ0) is 11.6. The molecule has 0 aliphatic heterocycles. The Bertz CT molecular complexity index is 477. The minimum atomic E-state index is -4.29. The molecule has 0 N–H and O–H groups in total. The molecule has 0 unspecified atom stereocenters. The SMILES string of the molecule is C=c1c(C)cs/c1=C/C(=C\C)C(F)(F)F. The molecule has 0 nitrogen and oxygen atoms in total. The van der Waals surface area contributed by atoms with Crippen LogP contribution in [0.3, 0.4) is 0 Å². The Morgan fingerprint density at radius 1 is 1.47 bits per heavy atom. The molecule has 4 heteroatoms. The zero-order valence-corrected chi connectivity index (χ0v) is 9.30. The summed E-state index contributed by atoms with van der Waals surface area (Å²) in [5.74, 6) is 0. The highest BCUT2D eigenvalue weighted by molar-refractivity contribution is 7.07. The van der Waals surface area contributed by atoms with E-state index in [2.05, 4.69) is 6.58 Å². The predicted molar refractivity (Wildman–Crippen MR) is 58.1 cm³/mol. The maximum absolute atomic E-state index is 12.4. The van der Waals surface area contributed by atoms with Gasteiger partial charge in [-0.1, -0.05) is 12.7 Å². The van der Waals surface area contributed by atoms with Crippen LogP contribution in [0.15, 0.2) is 17.0 Å². The van der Waals surface area contributed by atoms with Crippen molar-refractivity contribution in [3.8, 4) is 0 Å². The van der Waals surface area contributed by atoms with E-state index >= 15 is 0 Å². The maximum atomic E-state index is 12.4. The number of halogens is 3. The minimum absolute atomic E-state index is 0.568. The van der Waals surface area contributed by atoms with E-state index in [1.54, 1.807) is 5.38 Å². The zero-order valence-electron chi connectivity index (χ0n) is 8.48. The van der Waals surface area contributed by atoms with Crippen molar-refractivity contribution in [2.24, 2.45) is 0 Å². The van der Waals surface area contributed by atoms with Crippen LogP contribution in [-0.4, -0.2) is 6.18 Å². The van der Waals surface area contributed by atoms with Gasteiger partial charge in [-0.15, -0.1) is 11.3 Å². The highest BCUT2D eigenvalue weighted by Crippen LogP contribution is 2.26. The monoisotopic (exact) mass is 232 g/mol. The second-order valence-corrected chi connectivity index (χ2v) is 4.06. The number of allylic oxidation sites excluding steroid dienone is 2. The molecule has 0 spiro atoms. The number of thiophene rings is 1. The van der Waals surface area contributed by atoms with Crippen molar-refractivity contribution in [2.45, 2.75) is 20.0 Å². The lowest BCUT2D eigenvalue weighted by atomic mass is 10.2. The first-order valence-electron chi connectivity index (χ1n) is 4.34. The smallest absolute Gasteiger partial charge is 0.166 e. The molecule has 82 valence electrons. The summed E-state index contributed by atoms with van der Waals surface area (Å²) in [5.41, 5.74) is 0.290. The normalized spacial score (nSPS) is 14.7. The Kier molecular flexibility index (Phi) is 3.39. The molecule has 1 heterocycles. The van der Waals surface area contributed by atoms with Gasteiger partial charge in [0, 0.05) is 4.53 Å². The van der Waals surface area contributed by atoms with Crippen molar-refractivity contribution in [1.29, 1.82) is 0 Å². The highest BCUT2D eigenvalue weighted by Gasteiger charge is 2.31. The third-order valence-corrected chi connectivity index (χ3v) is 3.15. The number of alkyl halides is 3. The molecule has 0 amide bonds. The third kappa shape index (κ3) is 2.72. The van der Waals surface area contributed by atoms with E-state index in [1.165, 1.54) is 18.3 Å². The maximum Gasteiger partial charge on any atom is 0.416 e. The molecule has 0 aromatic carbocycles. The van der Waals surface area contributed by atoms with Crippen LogP contribution >= 0.6 is 11.3 Å². The Balaban J connectivity index is 3.30. The first-order chi connectivity index (χ1) is 6.86. The molecule has 1 aromatic rings. The number of rotatable bonds is 1. The summed E-state index contributed by atoms with van der Waals surface area (Å²) in [7, 11) is 0. The van der Waals surface area contributed by atoms with Gasteiger partial charge in [-0.2, -0.15) is 13.2 Å². The fourth-order valence-electron chi connectivity index (χ4n) is 1.08. The fraction of sp³-hybridized carbons (Fsp3) is 0.273. The molecular weight excluding hydrogens is 221 g/mol. The molecule has 0 saturated carbocycles.